The SMILES string of the molecule is C=CCOC12Oc3ccc(Oc4cccc(C=O)c4)cc3C3C(CCCCO)C(CCCCO)C=C(C(=NOCC)CC1N(CCC)S(=O)(=O)c1cccc4cccnc14)C32. The van der Waals surface area contributed by atoms with Gasteiger partial charge in [0.2, 0.25) is 15.8 Å². The Morgan fingerprint density at radius 3 is 2.51 bits per heavy atom. The van der Waals surface area contributed by atoms with Crippen LogP contribution in [0.1, 0.15) is 87.1 Å². The number of para-hydroxylation sites is 1. The molecule has 6 unspecified atom stereocenters. The molecule has 0 amide bonds. The first kappa shape index (κ1) is 44.1. The average Bonchev–Trinajstić information content (AvgIpc) is 3.28. The molecule has 0 saturated heterocycles. The quantitative estimate of drug-likeness (QED) is 0.0360. The van der Waals surface area contributed by atoms with Crippen LogP contribution in [-0.4, -0.2) is 84.7 Å². The second-order valence-electron chi connectivity index (χ2n) is 15.9. The Labute approximate surface area is 358 Å². The van der Waals surface area contributed by atoms with Gasteiger partial charge < -0.3 is 29.3 Å². The number of carbonyl (C=O) groups excluding carboxylic acids is 1. The van der Waals surface area contributed by atoms with E-state index in [-0.39, 0.29) is 55.4 Å². The van der Waals surface area contributed by atoms with Gasteiger partial charge in [0.15, 0.2) is 0 Å². The Hall–Kier alpha value is -4.92. The third-order valence-corrected chi connectivity index (χ3v) is 14.1. The fourth-order valence-electron chi connectivity index (χ4n) is 9.69. The van der Waals surface area contributed by atoms with Crippen LogP contribution < -0.4 is 9.47 Å². The number of nitrogens with zero attached hydrogens (tertiary/aromatic N) is 3. The summed E-state index contributed by atoms with van der Waals surface area (Å²) in [5, 5.41) is 25.3. The maximum atomic E-state index is 15.4. The second kappa shape index (κ2) is 19.9. The van der Waals surface area contributed by atoms with Crippen molar-refractivity contribution in [2.75, 3.05) is 33.0 Å². The highest BCUT2D eigenvalue weighted by atomic mass is 32.2. The van der Waals surface area contributed by atoms with Crippen LogP contribution in [-0.2, 0) is 19.6 Å². The normalized spacial score (nSPS) is 23.8. The molecule has 4 aromatic rings. The highest BCUT2D eigenvalue weighted by Crippen LogP contribution is 2.62. The number of hydrogen-bond donors (Lipinski definition) is 2. The monoisotopic (exact) mass is 851 g/mol. The number of aliphatic hydroxyl groups is 2. The summed E-state index contributed by atoms with van der Waals surface area (Å²) < 4.78 is 53.2. The minimum atomic E-state index is -4.28. The third-order valence-electron chi connectivity index (χ3n) is 12.2. The molecule has 3 aliphatic rings. The average molecular weight is 852 g/mol. The standard InChI is InChI=1S/C48H57N3O9S/c1-4-24-51(61(55,56)43-20-12-16-34-17-13-23-49-47(34)43)44-31-41(50-58-6-3)39-29-35(15-7-9-25-52)38(19-8-10-26-53)45-40-30-37(59-36-18-11-14-33(28-36)32-54)21-22-42(40)60-48(44,46(39)45)57-27-5-2/h5,11-14,16-18,20-23,28-30,32,35,38,44-46,52-53H,2,4,6-10,15,19,24-27,31H2,1,3H3. The Kier molecular flexibility index (Phi) is 14.4. The number of aromatic nitrogens is 1. The highest BCUT2D eigenvalue weighted by Gasteiger charge is 2.66. The number of sulfonamides is 1. The van der Waals surface area contributed by atoms with E-state index in [2.05, 4.69) is 17.6 Å². The molecule has 1 fully saturated rings. The molecule has 1 aliphatic heterocycles. The largest absolute Gasteiger partial charge is 0.460 e. The summed E-state index contributed by atoms with van der Waals surface area (Å²) in [5.41, 5.74) is 3.23. The number of carbonyl (C=O) groups is 1. The number of benzene rings is 3. The Bertz CT molecular complexity index is 2340. The number of aliphatic hydroxyl groups excluding tert-OH is 2. The van der Waals surface area contributed by atoms with E-state index >= 15 is 8.42 Å². The minimum absolute atomic E-state index is 0.0208. The Morgan fingerprint density at radius 2 is 1.75 bits per heavy atom. The van der Waals surface area contributed by atoms with Gasteiger partial charge in [0.05, 0.1) is 29.8 Å². The van der Waals surface area contributed by atoms with E-state index in [1.165, 1.54) is 4.31 Å². The van der Waals surface area contributed by atoms with E-state index in [0.717, 1.165) is 43.1 Å². The van der Waals surface area contributed by atoms with Gasteiger partial charge in [-0.25, -0.2) is 8.42 Å². The molecule has 0 spiro atoms. The number of rotatable bonds is 21. The number of oxime groups is 1. The lowest BCUT2D eigenvalue weighted by Crippen LogP contribution is -2.70. The smallest absolute Gasteiger partial charge is 0.245 e. The second-order valence-corrected chi connectivity index (χ2v) is 17.8. The summed E-state index contributed by atoms with van der Waals surface area (Å²) in [4.78, 5) is 22.1. The van der Waals surface area contributed by atoms with Gasteiger partial charge in [0.25, 0.3) is 0 Å². The van der Waals surface area contributed by atoms with Crippen LogP contribution in [0.4, 0.5) is 0 Å². The van der Waals surface area contributed by atoms with Crippen molar-refractivity contribution in [3.8, 4) is 17.2 Å². The zero-order valence-corrected chi connectivity index (χ0v) is 35.8. The minimum Gasteiger partial charge on any atom is -0.460 e. The van der Waals surface area contributed by atoms with Crippen molar-refractivity contribution in [2.24, 2.45) is 22.9 Å². The van der Waals surface area contributed by atoms with Crippen molar-refractivity contribution in [3.05, 3.63) is 114 Å². The van der Waals surface area contributed by atoms with Gasteiger partial charge in [-0.2, -0.15) is 4.31 Å². The molecule has 6 atom stereocenters. The summed E-state index contributed by atoms with van der Waals surface area (Å²) in [5.74, 6) is -0.876. The summed E-state index contributed by atoms with van der Waals surface area (Å²) in [7, 11) is -4.28. The van der Waals surface area contributed by atoms with E-state index in [9.17, 15) is 15.0 Å². The zero-order valence-electron chi connectivity index (χ0n) is 35.0. The van der Waals surface area contributed by atoms with Gasteiger partial charge >= 0.3 is 0 Å². The summed E-state index contributed by atoms with van der Waals surface area (Å²) in [6.45, 7) is 8.49. The number of allylic oxidation sites excluding steroid dienone is 1. The van der Waals surface area contributed by atoms with E-state index in [4.69, 9.17) is 24.2 Å². The molecule has 61 heavy (non-hydrogen) atoms. The Balaban J connectivity index is 1.48. The molecule has 0 radical (unpaired) electrons. The van der Waals surface area contributed by atoms with Crippen molar-refractivity contribution < 1.29 is 42.5 Å². The first-order valence-electron chi connectivity index (χ1n) is 21.5. The van der Waals surface area contributed by atoms with Crippen molar-refractivity contribution in [1.82, 2.24) is 9.29 Å². The number of unbranched alkanes of at least 4 members (excludes halogenated alkanes) is 2. The molecule has 1 saturated carbocycles. The van der Waals surface area contributed by atoms with Gasteiger partial charge in [-0.05, 0) is 98.9 Å². The number of aldehydes is 1. The number of ether oxygens (including phenoxy) is 3. The van der Waals surface area contributed by atoms with Crippen LogP contribution in [0, 0.1) is 17.8 Å². The van der Waals surface area contributed by atoms with Crippen LogP contribution in [0.15, 0.2) is 113 Å². The van der Waals surface area contributed by atoms with E-state index in [1.807, 2.05) is 44.2 Å². The molecule has 1 aromatic heterocycles. The first-order valence-corrected chi connectivity index (χ1v) is 23.0. The van der Waals surface area contributed by atoms with E-state index < -0.39 is 27.8 Å². The molecule has 2 aliphatic carbocycles. The fourth-order valence-corrected chi connectivity index (χ4v) is 11.6. The first-order chi connectivity index (χ1) is 29.7. The van der Waals surface area contributed by atoms with Crippen LogP contribution in [0.25, 0.3) is 10.9 Å². The summed E-state index contributed by atoms with van der Waals surface area (Å²) >= 11 is 0. The zero-order chi connectivity index (χ0) is 43.0. The summed E-state index contributed by atoms with van der Waals surface area (Å²) in [6.07, 6.45) is 11.3. The topological polar surface area (TPSA) is 157 Å². The van der Waals surface area contributed by atoms with Gasteiger partial charge in [0, 0.05) is 54.8 Å². The highest BCUT2D eigenvalue weighted by molar-refractivity contribution is 7.89. The molecule has 13 heteroatoms. The third kappa shape index (κ3) is 8.90. The van der Waals surface area contributed by atoms with Gasteiger partial charge in [-0.1, -0.05) is 67.4 Å². The van der Waals surface area contributed by atoms with Gasteiger partial charge in [-0.3, -0.25) is 9.78 Å². The van der Waals surface area contributed by atoms with Crippen molar-refractivity contribution in [2.45, 2.75) is 87.9 Å². The lowest BCUT2D eigenvalue weighted by molar-refractivity contribution is -0.251. The van der Waals surface area contributed by atoms with Crippen LogP contribution >= 0.6 is 0 Å². The van der Waals surface area contributed by atoms with Crippen molar-refractivity contribution >= 4 is 32.9 Å². The molecular formula is C48H57N3O9S. The molecule has 7 rings (SSSR count). The summed E-state index contributed by atoms with van der Waals surface area (Å²) in [6, 6.07) is 20.5. The predicted molar refractivity (Wildman–Crippen MR) is 234 cm³/mol. The number of fused-ring (bicyclic) bond motifs is 3. The lowest BCUT2D eigenvalue weighted by atomic mass is 9.55. The van der Waals surface area contributed by atoms with Crippen molar-refractivity contribution in [1.29, 1.82) is 0 Å². The molecule has 12 nitrogen and oxygen atoms in total. The lowest BCUT2D eigenvalue weighted by Gasteiger charge is -2.59. The van der Waals surface area contributed by atoms with Crippen LogP contribution in [0.3, 0.4) is 0 Å². The van der Waals surface area contributed by atoms with E-state index in [1.54, 1.807) is 54.7 Å². The van der Waals surface area contributed by atoms with Gasteiger partial charge in [0.1, 0.15) is 35.0 Å². The molecule has 0 bridgehead atoms. The van der Waals surface area contributed by atoms with Crippen LogP contribution in [0.2, 0.25) is 0 Å². The number of pyridine rings is 1. The Morgan fingerprint density at radius 1 is 0.984 bits per heavy atom. The van der Waals surface area contributed by atoms with Crippen LogP contribution in [0.5, 0.6) is 17.2 Å². The molecule has 324 valence electrons. The molecular weight excluding hydrogens is 795 g/mol. The van der Waals surface area contributed by atoms with Gasteiger partial charge in [-0.15, -0.1) is 6.58 Å². The maximum absolute atomic E-state index is 15.4. The fraction of sp³-hybridized carbons (Fsp3) is 0.438. The van der Waals surface area contributed by atoms with E-state index in [0.29, 0.717) is 65.3 Å². The molecule has 2 heterocycles. The molecule has 3 aromatic carbocycles. The number of hydrogen-bond acceptors (Lipinski definition) is 11. The predicted octanol–water partition coefficient (Wildman–Crippen LogP) is 8.59. The molecule has 2 N–H and O–H groups in total. The van der Waals surface area contributed by atoms with Crippen molar-refractivity contribution in [3.63, 3.8) is 0 Å². The maximum Gasteiger partial charge on any atom is 0.245 e.